The van der Waals surface area contributed by atoms with Crippen molar-refractivity contribution in [3.8, 4) is 28.9 Å². The molecule has 0 aliphatic heterocycles. The van der Waals surface area contributed by atoms with Gasteiger partial charge in [-0.25, -0.2) is 34.9 Å². The Morgan fingerprint density at radius 1 is 0.717 bits per heavy atom. The molecule has 2 amide bonds. The number of nitrogens with zero attached hydrogens (tertiary/aromatic N) is 9. The van der Waals surface area contributed by atoms with E-state index in [0.717, 1.165) is 72.7 Å². The Bertz CT molecular complexity index is 1980. The number of methoxy groups -OCH3 is 1. The molecule has 0 atom stereocenters. The summed E-state index contributed by atoms with van der Waals surface area (Å²) >= 11 is 0. The number of carbonyl (C=O) groups is 2. The van der Waals surface area contributed by atoms with Crippen LogP contribution in [0.3, 0.4) is 0 Å². The lowest BCUT2D eigenvalue weighted by molar-refractivity contribution is -0.122. The van der Waals surface area contributed by atoms with Gasteiger partial charge in [-0.3, -0.25) is 14.4 Å². The van der Waals surface area contributed by atoms with Crippen molar-refractivity contribution in [1.82, 2.24) is 50.5 Å². The third-order valence-corrected chi connectivity index (χ3v) is 8.30. The molecule has 282 valence electrons. The number of carbonyl (C=O) groups excluding carboxylic acids is 2. The molecule has 16 heteroatoms. The number of amides is 2. The van der Waals surface area contributed by atoms with E-state index in [4.69, 9.17) is 9.72 Å². The monoisotopic (exact) mass is 726 g/mol. The summed E-state index contributed by atoms with van der Waals surface area (Å²) in [5.74, 6) is 2.85. The maximum atomic E-state index is 12.3. The van der Waals surface area contributed by atoms with Crippen LogP contribution in [0.25, 0.3) is 23.0 Å². The molecule has 4 heterocycles. The van der Waals surface area contributed by atoms with E-state index < -0.39 is 0 Å². The summed E-state index contributed by atoms with van der Waals surface area (Å²) in [6, 6.07) is 0. The minimum atomic E-state index is -0.281. The van der Waals surface area contributed by atoms with Gasteiger partial charge in [-0.15, -0.1) is 0 Å². The average molecular weight is 727 g/mol. The van der Waals surface area contributed by atoms with Gasteiger partial charge in [-0.1, -0.05) is 0 Å². The van der Waals surface area contributed by atoms with E-state index in [0.29, 0.717) is 28.9 Å². The van der Waals surface area contributed by atoms with Crippen molar-refractivity contribution in [3.05, 3.63) is 57.7 Å². The fraction of sp³-hybridized carbons (Fsp3) is 0.514. The number of aromatic amines is 1. The molecular weight excluding hydrogens is 676 g/mol. The summed E-state index contributed by atoms with van der Waals surface area (Å²) in [5, 5.41) is 5.95. The van der Waals surface area contributed by atoms with Gasteiger partial charge in [0, 0.05) is 53.9 Å². The number of nitrogens with one attached hydrogen (secondary N) is 3. The van der Waals surface area contributed by atoms with E-state index in [9.17, 15) is 14.4 Å². The fourth-order valence-electron chi connectivity index (χ4n) is 6.18. The van der Waals surface area contributed by atoms with Crippen molar-refractivity contribution in [1.29, 1.82) is 0 Å². The van der Waals surface area contributed by atoms with Crippen LogP contribution in [-0.4, -0.2) is 97.1 Å². The van der Waals surface area contributed by atoms with E-state index in [1.165, 1.54) is 12.4 Å². The zero-order valence-corrected chi connectivity index (χ0v) is 32.1. The van der Waals surface area contributed by atoms with Crippen LogP contribution in [0.2, 0.25) is 0 Å². The lowest BCUT2D eigenvalue weighted by Crippen LogP contribution is -2.45. The van der Waals surface area contributed by atoms with E-state index in [1.807, 2.05) is 65.4 Å². The number of H-pyrrole nitrogens is 1. The summed E-state index contributed by atoms with van der Waals surface area (Å²) < 4.78 is 5.06. The van der Waals surface area contributed by atoms with Crippen LogP contribution in [0.15, 0.2) is 29.6 Å². The molecule has 2 aliphatic rings. The lowest BCUT2D eigenvalue weighted by Gasteiger charge is -2.25. The van der Waals surface area contributed by atoms with Crippen LogP contribution in [0.4, 0.5) is 11.6 Å². The van der Waals surface area contributed by atoms with Crippen LogP contribution in [0.1, 0.15) is 76.9 Å². The molecule has 4 aromatic heterocycles. The molecule has 6 rings (SSSR count). The molecule has 3 N–H and O–H groups in total. The van der Waals surface area contributed by atoms with Gasteiger partial charge in [0.25, 0.3) is 5.56 Å². The number of likely N-dealkylation sites (N-methyl/N-ethyl adjacent to an activating group) is 2. The first-order valence-electron chi connectivity index (χ1n) is 17.7. The van der Waals surface area contributed by atoms with Crippen molar-refractivity contribution in [3.63, 3.8) is 0 Å². The third kappa shape index (κ3) is 10.3. The van der Waals surface area contributed by atoms with Gasteiger partial charge in [0.15, 0.2) is 11.6 Å². The first-order chi connectivity index (χ1) is 25.0. The van der Waals surface area contributed by atoms with Gasteiger partial charge >= 0.3 is 0 Å². The molecule has 0 unspecified atom stereocenters. The number of hydrogen-bond donors (Lipinski definition) is 3. The highest BCUT2D eigenvalue weighted by Crippen LogP contribution is 2.31. The average Bonchev–Trinajstić information content (AvgIpc) is 3.76. The Hall–Kier alpha value is -5.54. The summed E-state index contributed by atoms with van der Waals surface area (Å²) in [6.45, 7) is 12.2. The molecule has 0 saturated heterocycles. The quantitative estimate of drug-likeness (QED) is 0.228. The molecule has 16 nitrogen and oxygen atoms in total. The number of aromatic nitrogens is 8. The number of fused-ring (bicyclic) bond motifs is 2. The van der Waals surface area contributed by atoms with Gasteiger partial charge < -0.3 is 30.2 Å². The molecular formula is C37H50N12O4. The van der Waals surface area contributed by atoms with E-state index in [-0.39, 0.29) is 41.5 Å². The fourth-order valence-corrected chi connectivity index (χ4v) is 6.18. The predicted octanol–water partition coefficient (Wildman–Crippen LogP) is 2.85. The molecule has 53 heavy (non-hydrogen) atoms. The maximum absolute atomic E-state index is 12.3. The second-order valence-corrected chi connectivity index (χ2v) is 15.3. The van der Waals surface area contributed by atoms with E-state index in [1.54, 1.807) is 19.5 Å². The van der Waals surface area contributed by atoms with Crippen LogP contribution in [0, 0.1) is 0 Å². The van der Waals surface area contributed by atoms with Crippen LogP contribution in [0.5, 0.6) is 5.88 Å². The molecule has 0 fully saturated rings. The Morgan fingerprint density at radius 2 is 1.21 bits per heavy atom. The highest BCUT2D eigenvalue weighted by Gasteiger charge is 2.26. The van der Waals surface area contributed by atoms with Crippen LogP contribution >= 0.6 is 0 Å². The van der Waals surface area contributed by atoms with Gasteiger partial charge in [-0.2, -0.15) is 0 Å². The Kier molecular flexibility index (Phi) is 11.7. The topological polar surface area (TPSA) is 197 Å². The minimum absolute atomic E-state index is 0.0406. The first kappa shape index (κ1) is 38.7. The zero-order valence-electron chi connectivity index (χ0n) is 32.1. The van der Waals surface area contributed by atoms with Gasteiger partial charge in [0.1, 0.15) is 23.0 Å². The number of rotatable bonds is 9. The molecule has 0 radical (unpaired) electrons. The number of hydrogen-bond acceptors (Lipinski definition) is 13. The number of anilines is 2. The van der Waals surface area contributed by atoms with Crippen molar-refractivity contribution in [2.45, 2.75) is 91.1 Å². The number of aryl methyl sites for hydroxylation is 2. The molecule has 0 bridgehead atoms. The Balaban J connectivity index is 0.000000204. The SMILES string of the molecule is CN(CC(=O)NC(C)(C)C)c1nc(-c2c[nH]c(=O)cn2)nc2c1CCC2.COc1cnc(-c2nc3c(c(N(C)CC(=O)NC(C)(C)C)n2)CCC3)cn1. The van der Waals surface area contributed by atoms with Crippen LogP contribution in [-0.2, 0) is 35.3 Å². The standard InChI is InChI=1S/C19H26N6O2.C18H24N6O2/c1-19(2,3)24-15(26)11-25(4)18-12-7-6-8-13(12)22-17(23-18)14-9-21-16(27-5)10-20-14;1-18(2,3)23-15(26)10-24(4)17-11-6-5-7-12(11)21-16(22-17)13-8-20-14(25)9-19-13/h9-10H,6-8,11H2,1-5H3,(H,24,26);8-9H,5-7,10H2,1-4H3,(H,20,25)(H,23,26). The Labute approximate surface area is 309 Å². The molecule has 2 aliphatic carbocycles. The van der Waals surface area contributed by atoms with Crippen molar-refractivity contribution in [2.75, 3.05) is 44.1 Å². The normalized spacial score (nSPS) is 13.3. The molecule has 0 saturated carbocycles. The summed E-state index contributed by atoms with van der Waals surface area (Å²) in [5.41, 5.74) is 4.48. The molecule has 0 aromatic carbocycles. The zero-order chi connectivity index (χ0) is 38.5. The predicted molar refractivity (Wildman–Crippen MR) is 202 cm³/mol. The van der Waals surface area contributed by atoms with E-state index in [2.05, 4.69) is 45.5 Å². The number of ether oxygens (including phenoxy) is 1. The first-order valence-corrected chi connectivity index (χ1v) is 17.7. The van der Waals surface area contributed by atoms with Crippen molar-refractivity contribution in [2.24, 2.45) is 0 Å². The minimum Gasteiger partial charge on any atom is -0.480 e. The smallest absolute Gasteiger partial charge is 0.266 e. The second-order valence-electron chi connectivity index (χ2n) is 15.3. The van der Waals surface area contributed by atoms with Crippen LogP contribution < -0.4 is 30.7 Å². The highest BCUT2D eigenvalue weighted by atomic mass is 16.5. The third-order valence-electron chi connectivity index (χ3n) is 8.30. The van der Waals surface area contributed by atoms with Gasteiger partial charge in [0.2, 0.25) is 17.7 Å². The molecule has 4 aromatic rings. The largest absolute Gasteiger partial charge is 0.480 e. The summed E-state index contributed by atoms with van der Waals surface area (Å²) in [7, 11) is 5.28. The van der Waals surface area contributed by atoms with Crippen molar-refractivity contribution >= 4 is 23.5 Å². The second kappa shape index (κ2) is 16.0. The lowest BCUT2D eigenvalue weighted by atomic mass is 10.1. The highest BCUT2D eigenvalue weighted by molar-refractivity contribution is 5.82. The molecule has 0 spiro atoms. The van der Waals surface area contributed by atoms with Crippen molar-refractivity contribution < 1.29 is 14.3 Å². The summed E-state index contributed by atoms with van der Waals surface area (Å²) in [6.07, 6.45) is 11.5. The van der Waals surface area contributed by atoms with E-state index >= 15 is 0 Å². The van der Waals surface area contributed by atoms with Gasteiger partial charge in [0.05, 0.1) is 38.8 Å². The Morgan fingerprint density at radius 3 is 1.62 bits per heavy atom. The summed E-state index contributed by atoms with van der Waals surface area (Å²) in [4.78, 5) is 73.5. The van der Waals surface area contributed by atoms with Gasteiger partial charge in [-0.05, 0) is 80.1 Å². The maximum Gasteiger partial charge on any atom is 0.266 e.